The van der Waals surface area contributed by atoms with Crippen molar-refractivity contribution in [2.45, 2.75) is 6.92 Å². The predicted molar refractivity (Wildman–Crippen MR) is 68.1 cm³/mol. The molecule has 0 radical (unpaired) electrons. The summed E-state index contributed by atoms with van der Waals surface area (Å²) in [4.78, 5) is 24.1. The Bertz CT molecular complexity index is 450. The molecule has 0 aromatic rings. The van der Waals surface area contributed by atoms with Gasteiger partial charge in [0.25, 0.3) is 0 Å². The second-order valence-electron chi connectivity index (χ2n) is 4.58. The van der Waals surface area contributed by atoms with Crippen LogP contribution in [0.3, 0.4) is 0 Å². The highest BCUT2D eigenvalue weighted by atomic mass is 32.2. The lowest BCUT2D eigenvalue weighted by Crippen LogP contribution is -2.41. The number of nitrogens with zero attached hydrogens (tertiary/aromatic N) is 1. The molecule has 1 rings (SSSR count). The first kappa shape index (κ1) is 15.7. The van der Waals surface area contributed by atoms with Crippen molar-refractivity contribution in [1.29, 1.82) is 0 Å². The highest BCUT2D eigenvalue weighted by Gasteiger charge is 2.36. The number of urea groups is 1. The maximum absolute atomic E-state index is 11.7. The summed E-state index contributed by atoms with van der Waals surface area (Å²) in [5.74, 6) is -1.79. The van der Waals surface area contributed by atoms with E-state index in [1.807, 2.05) is 0 Å². The van der Waals surface area contributed by atoms with E-state index < -0.39 is 27.9 Å². The molecule has 0 saturated carbocycles. The maximum atomic E-state index is 11.7. The Kier molecular flexibility index (Phi) is 5.12. The van der Waals surface area contributed by atoms with Crippen molar-refractivity contribution in [2.24, 2.45) is 11.8 Å². The van der Waals surface area contributed by atoms with Crippen LogP contribution in [0.5, 0.6) is 0 Å². The van der Waals surface area contributed by atoms with Crippen LogP contribution in [0.2, 0.25) is 0 Å². The summed E-state index contributed by atoms with van der Waals surface area (Å²) in [5.41, 5.74) is 0. The number of aliphatic carboxylic acids is 1. The fraction of sp³-hybridized carbons (Fsp3) is 0.800. The third-order valence-corrected chi connectivity index (χ3v) is 4.54. The fourth-order valence-electron chi connectivity index (χ4n) is 1.96. The lowest BCUT2D eigenvalue weighted by atomic mass is 9.99. The zero-order valence-electron chi connectivity index (χ0n) is 10.9. The number of carboxylic acid groups (broad SMARTS) is 1. The Morgan fingerprint density at radius 3 is 2.47 bits per heavy atom. The van der Waals surface area contributed by atoms with Gasteiger partial charge in [-0.1, -0.05) is 6.92 Å². The van der Waals surface area contributed by atoms with E-state index in [1.54, 1.807) is 6.92 Å². The Balaban J connectivity index is 2.42. The van der Waals surface area contributed by atoms with Crippen molar-refractivity contribution in [3.8, 4) is 0 Å². The maximum Gasteiger partial charge on any atom is 0.317 e. The van der Waals surface area contributed by atoms with E-state index in [4.69, 9.17) is 5.11 Å². The Morgan fingerprint density at radius 1 is 1.37 bits per heavy atom. The van der Waals surface area contributed by atoms with Crippen LogP contribution in [-0.2, 0) is 14.8 Å². The van der Waals surface area contributed by atoms with Gasteiger partial charge < -0.3 is 15.3 Å². The molecule has 3 N–H and O–H groups in total. The summed E-state index contributed by atoms with van der Waals surface area (Å²) in [6.45, 7) is 2.28. The van der Waals surface area contributed by atoms with Gasteiger partial charge in [-0.3, -0.25) is 4.79 Å². The monoisotopic (exact) mass is 293 g/mol. The standard InChI is InChI=1S/C10H19N3O5S/c1-7-5-13(6-8(7)9(14)15)10(16)12-3-4-19(17,18)11-2/h7-8,11H,3-6H2,1-2H3,(H,12,16)(H,14,15)/t7-,8-/m1/s1. The van der Waals surface area contributed by atoms with Crippen LogP contribution >= 0.6 is 0 Å². The summed E-state index contributed by atoms with van der Waals surface area (Å²) in [6, 6.07) is -0.429. The Labute approximate surface area is 112 Å². The Hall–Kier alpha value is -1.35. The van der Waals surface area contributed by atoms with Gasteiger partial charge in [0.1, 0.15) is 0 Å². The first-order valence-electron chi connectivity index (χ1n) is 5.93. The molecule has 0 aliphatic carbocycles. The topological polar surface area (TPSA) is 116 Å². The van der Waals surface area contributed by atoms with E-state index in [0.717, 1.165) is 0 Å². The first-order valence-corrected chi connectivity index (χ1v) is 7.59. The quantitative estimate of drug-likeness (QED) is 0.595. The van der Waals surface area contributed by atoms with Gasteiger partial charge in [0.2, 0.25) is 10.0 Å². The van der Waals surface area contributed by atoms with Crippen molar-refractivity contribution in [3.63, 3.8) is 0 Å². The highest BCUT2D eigenvalue weighted by Crippen LogP contribution is 2.22. The molecule has 2 atom stereocenters. The molecule has 110 valence electrons. The zero-order chi connectivity index (χ0) is 14.6. The number of rotatable bonds is 5. The summed E-state index contributed by atoms with van der Waals surface area (Å²) in [7, 11) is -2.05. The first-order chi connectivity index (χ1) is 8.76. The summed E-state index contributed by atoms with van der Waals surface area (Å²) < 4.78 is 24.4. The predicted octanol–water partition coefficient (Wildman–Crippen LogP) is -1.10. The molecule has 9 heteroatoms. The highest BCUT2D eigenvalue weighted by molar-refractivity contribution is 7.89. The number of carbonyl (C=O) groups is 2. The van der Waals surface area contributed by atoms with Crippen molar-refractivity contribution in [1.82, 2.24) is 14.9 Å². The lowest BCUT2D eigenvalue weighted by molar-refractivity contribution is -0.142. The number of likely N-dealkylation sites (tertiary alicyclic amines) is 1. The molecule has 0 spiro atoms. The van der Waals surface area contributed by atoms with Crippen LogP contribution < -0.4 is 10.0 Å². The summed E-state index contributed by atoms with van der Waals surface area (Å²) in [6.07, 6.45) is 0. The minimum atomic E-state index is -3.35. The van der Waals surface area contributed by atoms with Gasteiger partial charge in [-0.15, -0.1) is 0 Å². The zero-order valence-corrected chi connectivity index (χ0v) is 11.7. The van der Waals surface area contributed by atoms with E-state index in [0.29, 0.717) is 6.54 Å². The second kappa shape index (κ2) is 6.20. The number of hydrogen-bond donors (Lipinski definition) is 3. The summed E-state index contributed by atoms with van der Waals surface area (Å²) in [5, 5.41) is 11.4. The third kappa shape index (κ3) is 4.35. The van der Waals surface area contributed by atoms with Crippen molar-refractivity contribution in [3.05, 3.63) is 0 Å². The van der Waals surface area contributed by atoms with Gasteiger partial charge in [-0.05, 0) is 13.0 Å². The molecular weight excluding hydrogens is 274 g/mol. The average Bonchev–Trinajstić information content (AvgIpc) is 2.71. The normalized spacial score (nSPS) is 23.4. The molecule has 0 unspecified atom stereocenters. The molecule has 0 aromatic heterocycles. The minimum Gasteiger partial charge on any atom is -0.481 e. The van der Waals surface area contributed by atoms with Gasteiger partial charge in [0, 0.05) is 19.6 Å². The molecule has 1 saturated heterocycles. The van der Waals surface area contributed by atoms with Crippen LogP contribution in [0.1, 0.15) is 6.92 Å². The van der Waals surface area contributed by atoms with E-state index in [2.05, 4.69) is 10.0 Å². The van der Waals surface area contributed by atoms with Crippen LogP contribution in [0, 0.1) is 11.8 Å². The van der Waals surface area contributed by atoms with E-state index in [-0.39, 0.29) is 24.8 Å². The lowest BCUT2D eigenvalue weighted by Gasteiger charge is -2.16. The number of amides is 2. The smallest absolute Gasteiger partial charge is 0.317 e. The second-order valence-corrected chi connectivity index (χ2v) is 6.63. The van der Waals surface area contributed by atoms with Gasteiger partial charge in [0.15, 0.2) is 0 Å². The molecule has 8 nitrogen and oxygen atoms in total. The molecule has 0 bridgehead atoms. The molecule has 1 aliphatic heterocycles. The number of carboxylic acids is 1. The number of sulfonamides is 1. The van der Waals surface area contributed by atoms with Crippen LogP contribution in [0.4, 0.5) is 4.79 Å². The third-order valence-electron chi connectivity index (χ3n) is 3.17. The SMILES string of the molecule is CNS(=O)(=O)CCNC(=O)N1C[C@@H](C)[C@H](C(=O)O)C1. The number of hydrogen-bond acceptors (Lipinski definition) is 4. The fourth-order valence-corrected chi connectivity index (χ4v) is 2.54. The summed E-state index contributed by atoms with van der Waals surface area (Å²) >= 11 is 0. The number of nitrogens with one attached hydrogen (secondary N) is 2. The number of carbonyl (C=O) groups excluding carboxylic acids is 1. The molecule has 1 heterocycles. The van der Waals surface area contributed by atoms with Gasteiger partial charge in [0.05, 0.1) is 11.7 Å². The molecule has 1 fully saturated rings. The van der Waals surface area contributed by atoms with E-state index >= 15 is 0 Å². The average molecular weight is 293 g/mol. The molecule has 1 aliphatic rings. The van der Waals surface area contributed by atoms with Crippen LogP contribution in [0.25, 0.3) is 0 Å². The van der Waals surface area contributed by atoms with Gasteiger partial charge >= 0.3 is 12.0 Å². The Morgan fingerprint density at radius 2 is 2.00 bits per heavy atom. The largest absolute Gasteiger partial charge is 0.481 e. The molecule has 2 amide bonds. The van der Waals surface area contributed by atoms with Crippen LogP contribution in [0.15, 0.2) is 0 Å². The van der Waals surface area contributed by atoms with Crippen LogP contribution in [-0.4, -0.2) is 62.9 Å². The van der Waals surface area contributed by atoms with Crippen molar-refractivity contribution < 1.29 is 23.1 Å². The van der Waals surface area contributed by atoms with E-state index in [9.17, 15) is 18.0 Å². The van der Waals surface area contributed by atoms with Gasteiger partial charge in [-0.2, -0.15) is 0 Å². The molecule has 0 aromatic carbocycles. The van der Waals surface area contributed by atoms with Crippen molar-refractivity contribution >= 4 is 22.0 Å². The van der Waals surface area contributed by atoms with Gasteiger partial charge in [-0.25, -0.2) is 17.9 Å². The minimum absolute atomic E-state index is 0.00930. The molecule has 19 heavy (non-hydrogen) atoms. The molecular formula is C10H19N3O5S. The van der Waals surface area contributed by atoms with Crippen molar-refractivity contribution in [2.75, 3.05) is 32.4 Å². The van der Waals surface area contributed by atoms with E-state index in [1.165, 1.54) is 11.9 Å².